The maximum Gasteiger partial charge on any atom is 0.339 e. The van der Waals surface area contributed by atoms with Gasteiger partial charge in [0.15, 0.2) is 0 Å². The summed E-state index contributed by atoms with van der Waals surface area (Å²) in [7, 11) is -1.92. The lowest BCUT2D eigenvalue weighted by Crippen LogP contribution is -2.44. The smallest absolute Gasteiger partial charge is 0.339 e. The van der Waals surface area contributed by atoms with E-state index in [1.807, 2.05) is 6.92 Å². The van der Waals surface area contributed by atoms with Crippen molar-refractivity contribution in [1.82, 2.24) is 14.6 Å². The summed E-state index contributed by atoms with van der Waals surface area (Å²) in [6.07, 6.45) is 4.21. The molecular formula is C18H29N3O5S. The molecule has 152 valence electrons. The van der Waals surface area contributed by atoms with Gasteiger partial charge in [-0.15, -0.1) is 0 Å². The van der Waals surface area contributed by atoms with Crippen LogP contribution in [0.5, 0.6) is 0 Å². The lowest BCUT2D eigenvalue weighted by molar-refractivity contribution is 0.0599. The van der Waals surface area contributed by atoms with Gasteiger partial charge < -0.3 is 14.6 Å². The molecule has 1 saturated heterocycles. The first-order valence-corrected chi connectivity index (χ1v) is 11.1. The van der Waals surface area contributed by atoms with Crippen molar-refractivity contribution < 1.29 is 22.7 Å². The Hall–Kier alpha value is -1.87. The minimum Gasteiger partial charge on any atom is -0.465 e. The molecule has 0 bridgehead atoms. The standard InChI is InChI=1S/C18H29N3O5S/c1-5-7-14-15(18(23)26-3)12(2)20-16(14)17(22)21-9-6-8-13(11-21)10-19-27(4,24)25/h13,19-20H,5-11H2,1-4H3. The number of nitrogens with one attached hydrogen (secondary N) is 2. The molecule has 0 saturated carbocycles. The van der Waals surface area contributed by atoms with Crippen molar-refractivity contribution in [3.63, 3.8) is 0 Å². The van der Waals surface area contributed by atoms with Gasteiger partial charge in [-0.2, -0.15) is 0 Å². The second kappa shape index (κ2) is 8.88. The van der Waals surface area contributed by atoms with Crippen LogP contribution >= 0.6 is 0 Å². The monoisotopic (exact) mass is 399 g/mol. The fourth-order valence-electron chi connectivity index (χ4n) is 3.58. The number of rotatable bonds is 7. The summed E-state index contributed by atoms with van der Waals surface area (Å²) < 4.78 is 30.0. The van der Waals surface area contributed by atoms with Crippen LogP contribution in [-0.2, 0) is 21.2 Å². The molecule has 1 aliphatic heterocycles. The molecule has 2 N–H and O–H groups in total. The fraction of sp³-hybridized carbons (Fsp3) is 0.667. The molecule has 1 aromatic rings. The summed E-state index contributed by atoms with van der Waals surface area (Å²) in [5, 5.41) is 0. The topological polar surface area (TPSA) is 109 Å². The Balaban J connectivity index is 2.22. The number of likely N-dealkylation sites (tertiary alicyclic amines) is 1. The van der Waals surface area contributed by atoms with E-state index < -0.39 is 16.0 Å². The predicted octanol–water partition coefficient (Wildman–Crippen LogP) is 1.46. The van der Waals surface area contributed by atoms with E-state index in [0.29, 0.717) is 48.6 Å². The normalized spacial score (nSPS) is 17.8. The number of ether oxygens (including phenoxy) is 1. The zero-order valence-corrected chi connectivity index (χ0v) is 17.2. The summed E-state index contributed by atoms with van der Waals surface area (Å²) in [4.78, 5) is 30.1. The molecule has 1 unspecified atom stereocenters. The van der Waals surface area contributed by atoms with Crippen molar-refractivity contribution in [1.29, 1.82) is 0 Å². The largest absolute Gasteiger partial charge is 0.465 e. The van der Waals surface area contributed by atoms with Crippen LogP contribution in [0.2, 0.25) is 0 Å². The first kappa shape index (κ1) is 21.4. The molecule has 27 heavy (non-hydrogen) atoms. The molecule has 0 spiro atoms. The van der Waals surface area contributed by atoms with Crippen LogP contribution in [0.25, 0.3) is 0 Å². The Labute approximate surface area is 160 Å². The average Bonchev–Trinajstić information content (AvgIpc) is 2.95. The molecule has 1 aliphatic rings. The number of piperidine rings is 1. The fourth-order valence-corrected chi connectivity index (χ4v) is 4.12. The molecule has 1 amide bonds. The van der Waals surface area contributed by atoms with Crippen LogP contribution in [0.4, 0.5) is 0 Å². The number of hydrogen-bond donors (Lipinski definition) is 2. The van der Waals surface area contributed by atoms with Gasteiger partial charge in [0.1, 0.15) is 5.69 Å². The van der Waals surface area contributed by atoms with Crippen molar-refractivity contribution in [2.24, 2.45) is 5.92 Å². The SMILES string of the molecule is CCCc1c(C(=O)N2CCCC(CNS(C)(=O)=O)C2)[nH]c(C)c1C(=O)OC. The Kier molecular flexibility index (Phi) is 7.05. The van der Waals surface area contributed by atoms with Crippen molar-refractivity contribution in [2.45, 2.75) is 39.5 Å². The first-order chi connectivity index (χ1) is 12.7. The van der Waals surface area contributed by atoms with Gasteiger partial charge in [-0.3, -0.25) is 4.79 Å². The highest BCUT2D eigenvalue weighted by Crippen LogP contribution is 2.25. The van der Waals surface area contributed by atoms with Crippen molar-refractivity contribution in [3.8, 4) is 0 Å². The van der Waals surface area contributed by atoms with E-state index in [0.717, 1.165) is 25.5 Å². The number of aromatic nitrogens is 1. The van der Waals surface area contributed by atoms with Gasteiger partial charge in [0.05, 0.1) is 18.9 Å². The zero-order chi connectivity index (χ0) is 20.2. The third-order valence-electron chi connectivity index (χ3n) is 4.83. The number of amides is 1. The number of esters is 1. The van der Waals surface area contributed by atoms with Gasteiger partial charge in [0, 0.05) is 25.3 Å². The van der Waals surface area contributed by atoms with Gasteiger partial charge in [-0.1, -0.05) is 13.3 Å². The maximum atomic E-state index is 13.1. The second-order valence-electron chi connectivity index (χ2n) is 7.10. The molecule has 1 atom stereocenters. The average molecular weight is 400 g/mol. The van der Waals surface area contributed by atoms with Crippen LogP contribution in [0.3, 0.4) is 0 Å². The van der Waals surface area contributed by atoms with Crippen LogP contribution in [0.1, 0.15) is 58.3 Å². The van der Waals surface area contributed by atoms with E-state index in [-0.39, 0.29) is 11.8 Å². The highest BCUT2D eigenvalue weighted by atomic mass is 32.2. The number of hydrogen-bond acceptors (Lipinski definition) is 5. The lowest BCUT2D eigenvalue weighted by atomic mass is 9.97. The minimum atomic E-state index is -3.25. The summed E-state index contributed by atoms with van der Waals surface area (Å²) in [6.45, 7) is 5.17. The molecule has 0 aliphatic carbocycles. The molecule has 8 nitrogen and oxygen atoms in total. The van der Waals surface area contributed by atoms with Gasteiger partial charge in [-0.05, 0) is 37.7 Å². The van der Waals surface area contributed by atoms with E-state index >= 15 is 0 Å². The van der Waals surface area contributed by atoms with Crippen LogP contribution in [-0.4, -0.2) is 63.2 Å². The minimum absolute atomic E-state index is 0.0724. The van der Waals surface area contributed by atoms with Crippen molar-refractivity contribution in [2.75, 3.05) is 33.0 Å². The van der Waals surface area contributed by atoms with Gasteiger partial charge in [0.2, 0.25) is 10.0 Å². The van der Waals surface area contributed by atoms with Crippen molar-refractivity contribution in [3.05, 3.63) is 22.5 Å². The van der Waals surface area contributed by atoms with E-state index in [9.17, 15) is 18.0 Å². The number of carbonyl (C=O) groups is 2. The summed E-state index contributed by atoms with van der Waals surface area (Å²) in [5.74, 6) is -0.524. The van der Waals surface area contributed by atoms with Crippen LogP contribution < -0.4 is 4.72 Å². The first-order valence-electron chi connectivity index (χ1n) is 9.21. The van der Waals surface area contributed by atoms with E-state index in [4.69, 9.17) is 4.74 Å². The predicted molar refractivity (Wildman–Crippen MR) is 102 cm³/mol. The van der Waals surface area contributed by atoms with Gasteiger partial charge >= 0.3 is 5.97 Å². The number of aryl methyl sites for hydroxylation is 1. The van der Waals surface area contributed by atoms with Gasteiger partial charge in [-0.25, -0.2) is 17.9 Å². The Morgan fingerprint density at radius 1 is 1.37 bits per heavy atom. The molecule has 2 heterocycles. The summed E-state index contributed by atoms with van der Waals surface area (Å²) in [6, 6.07) is 0. The highest BCUT2D eigenvalue weighted by molar-refractivity contribution is 7.88. The lowest BCUT2D eigenvalue weighted by Gasteiger charge is -2.32. The maximum absolute atomic E-state index is 13.1. The number of aromatic amines is 1. The van der Waals surface area contributed by atoms with E-state index in [2.05, 4.69) is 9.71 Å². The Morgan fingerprint density at radius 2 is 2.07 bits per heavy atom. The Bertz CT molecular complexity index is 800. The van der Waals surface area contributed by atoms with E-state index in [1.54, 1.807) is 11.8 Å². The zero-order valence-electron chi connectivity index (χ0n) is 16.4. The molecule has 1 fully saturated rings. The Morgan fingerprint density at radius 3 is 2.67 bits per heavy atom. The van der Waals surface area contributed by atoms with E-state index in [1.165, 1.54) is 7.11 Å². The van der Waals surface area contributed by atoms with Crippen LogP contribution in [0, 0.1) is 12.8 Å². The molecule has 1 aromatic heterocycles. The number of nitrogens with zero attached hydrogens (tertiary/aromatic N) is 1. The second-order valence-corrected chi connectivity index (χ2v) is 8.93. The quantitative estimate of drug-likeness (QED) is 0.675. The summed E-state index contributed by atoms with van der Waals surface area (Å²) >= 11 is 0. The number of sulfonamides is 1. The number of H-pyrrole nitrogens is 1. The third kappa shape index (κ3) is 5.32. The molecule has 0 radical (unpaired) electrons. The molecule has 2 rings (SSSR count). The number of methoxy groups -OCH3 is 1. The molecule has 9 heteroatoms. The van der Waals surface area contributed by atoms with Crippen molar-refractivity contribution >= 4 is 21.9 Å². The third-order valence-corrected chi connectivity index (χ3v) is 5.53. The molecule has 0 aromatic carbocycles. The van der Waals surface area contributed by atoms with Gasteiger partial charge in [0.25, 0.3) is 5.91 Å². The number of carbonyl (C=O) groups excluding carboxylic acids is 2. The molecular weight excluding hydrogens is 370 g/mol. The van der Waals surface area contributed by atoms with Crippen LogP contribution in [0.15, 0.2) is 0 Å². The highest BCUT2D eigenvalue weighted by Gasteiger charge is 2.30. The summed E-state index contributed by atoms with van der Waals surface area (Å²) in [5.41, 5.74) is 2.20.